The second-order valence-corrected chi connectivity index (χ2v) is 2.29. The van der Waals surface area contributed by atoms with Crippen LogP contribution in [0, 0.1) is 0 Å². The molecule has 0 aliphatic heterocycles. The number of ketones is 1. The van der Waals surface area contributed by atoms with Gasteiger partial charge in [-0.15, -0.1) is 0 Å². The van der Waals surface area contributed by atoms with Crippen molar-refractivity contribution in [3.05, 3.63) is 24.0 Å². The molecule has 12 heavy (non-hydrogen) atoms. The molecule has 4 nitrogen and oxygen atoms in total. The Labute approximate surface area is 69.1 Å². The predicted octanol–water partition coefficient (Wildman–Crippen LogP) is 0.501. The molecule has 0 amide bonds. The second kappa shape index (κ2) is 3.71. The van der Waals surface area contributed by atoms with Gasteiger partial charge in [0.25, 0.3) is 0 Å². The molecule has 0 saturated heterocycles. The first-order valence-electron chi connectivity index (χ1n) is 3.44. The molecule has 0 aromatic carbocycles. The topological polar surface area (TPSA) is 63.6 Å². The SMILES string of the molecule is O=C(O)COC1=CCC(=O)C=C1. The van der Waals surface area contributed by atoms with E-state index in [2.05, 4.69) is 0 Å². The average Bonchev–Trinajstić information content (AvgIpc) is 2.03. The van der Waals surface area contributed by atoms with Crippen LogP contribution in [-0.2, 0) is 14.3 Å². The average molecular weight is 168 g/mol. The van der Waals surface area contributed by atoms with Gasteiger partial charge in [0.2, 0.25) is 0 Å². The third kappa shape index (κ3) is 2.57. The summed E-state index contributed by atoms with van der Waals surface area (Å²) in [5.74, 6) is -0.587. The van der Waals surface area contributed by atoms with E-state index in [0.717, 1.165) is 0 Å². The number of hydrogen-bond acceptors (Lipinski definition) is 3. The highest BCUT2D eigenvalue weighted by Gasteiger charge is 2.05. The van der Waals surface area contributed by atoms with Gasteiger partial charge < -0.3 is 9.84 Å². The number of allylic oxidation sites excluding steroid dienone is 3. The molecule has 1 rings (SSSR count). The minimum Gasteiger partial charge on any atom is -0.482 e. The van der Waals surface area contributed by atoms with E-state index in [-0.39, 0.29) is 18.8 Å². The smallest absolute Gasteiger partial charge is 0.341 e. The van der Waals surface area contributed by atoms with E-state index < -0.39 is 5.97 Å². The normalized spacial score (nSPS) is 15.7. The molecule has 0 atom stereocenters. The molecule has 1 N–H and O–H groups in total. The summed E-state index contributed by atoms with van der Waals surface area (Å²) in [7, 11) is 0. The van der Waals surface area contributed by atoms with Crippen molar-refractivity contribution < 1.29 is 19.4 Å². The van der Waals surface area contributed by atoms with Crippen LogP contribution in [0.25, 0.3) is 0 Å². The van der Waals surface area contributed by atoms with Crippen molar-refractivity contribution in [2.75, 3.05) is 6.61 Å². The molecule has 0 aromatic heterocycles. The van der Waals surface area contributed by atoms with Crippen LogP contribution in [0.15, 0.2) is 24.0 Å². The Morgan fingerprint density at radius 1 is 1.58 bits per heavy atom. The molecule has 4 heteroatoms. The number of carbonyl (C=O) groups is 2. The Hall–Kier alpha value is -1.58. The van der Waals surface area contributed by atoms with Gasteiger partial charge in [0.05, 0.1) is 0 Å². The highest BCUT2D eigenvalue weighted by atomic mass is 16.5. The first-order valence-corrected chi connectivity index (χ1v) is 3.44. The summed E-state index contributed by atoms with van der Waals surface area (Å²) in [6, 6.07) is 0. The fourth-order valence-corrected chi connectivity index (χ4v) is 0.764. The first kappa shape index (κ1) is 8.52. The van der Waals surface area contributed by atoms with Crippen molar-refractivity contribution in [3.63, 3.8) is 0 Å². The minimum absolute atomic E-state index is 0.00215. The lowest BCUT2D eigenvalue weighted by molar-refractivity contribution is -0.140. The van der Waals surface area contributed by atoms with Crippen LogP contribution >= 0.6 is 0 Å². The van der Waals surface area contributed by atoms with Crippen LogP contribution in [0.1, 0.15) is 6.42 Å². The zero-order valence-electron chi connectivity index (χ0n) is 6.32. The summed E-state index contributed by atoms with van der Waals surface area (Å²) in [5, 5.41) is 8.25. The van der Waals surface area contributed by atoms with E-state index in [1.165, 1.54) is 12.2 Å². The molecule has 0 unspecified atom stereocenters. The summed E-state index contributed by atoms with van der Waals surface area (Å²) >= 11 is 0. The largest absolute Gasteiger partial charge is 0.482 e. The predicted molar refractivity (Wildman–Crippen MR) is 40.4 cm³/mol. The van der Waals surface area contributed by atoms with Crippen molar-refractivity contribution >= 4 is 11.8 Å². The summed E-state index contributed by atoms with van der Waals surface area (Å²) in [5.41, 5.74) is 0. The molecule has 0 spiro atoms. The summed E-state index contributed by atoms with van der Waals surface area (Å²) < 4.78 is 4.82. The van der Waals surface area contributed by atoms with Crippen molar-refractivity contribution in [2.45, 2.75) is 6.42 Å². The van der Waals surface area contributed by atoms with Gasteiger partial charge in [0, 0.05) is 6.42 Å². The zero-order chi connectivity index (χ0) is 8.97. The van der Waals surface area contributed by atoms with Gasteiger partial charge in [-0.1, -0.05) is 0 Å². The molecule has 0 bridgehead atoms. The van der Waals surface area contributed by atoms with Gasteiger partial charge in [0.15, 0.2) is 12.4 Å². The molecule has 0 fully saturated rings. The quantitative estimate of drug-likeness (QED) is 0.666. The van der Waals surface area contributed by atoms with Gasteiger partial charge in [-0.05, 0) is 18.2 Å². The van der Waals surface area contributed by atoms with Crippen molar-refractivity contribution in [1.29, 1.82) is 0 Å². The molecule has 64 valence electrons. The zero-order valence-corrected chi connectivity index (χ0v) is 6.32. The number of carboxylic acids is 1. The lowest BCUT2D eigenvalue weighted by Crippen LogP contribution is -2.07. The number of rotatable bonds is 3. The number of ether oxygens (including phenoxy) is 1. The number of aliphatic carboxylic acids is 1. The Bertz CT molecular complexity index is 262. The molecule has 0 radical (unpaired) electrons. The van der Waals surface area contributed by atoms with E-state index in [1.54, 1.807) is 6.08 Å². The standard InChI is InChI=1S/C8H8O4/c9-6-1-3-7(4-2-6)12-5-8(10)11/h1,3-4H,2,5H2,(H,10,11). The lowest BCUT2D eigenvalue weighted by Gasteiger charge is -2.06. The van der Waals surface area contributed by atoms with Crippen LogP contribution in [0.5, 0.6) is 0 Å². The Kier molecular flexibility index (Phi) is 2.63. The van der Waals surface area contributed by atoms with E-state index >= 15 is 0 Å². The van der Waals surface area contributed by atoms with Gasteiger partial charge in [-0.25, -0.2) is 4.79 Å². The van der Waals surface area contributed by atoms with Gasteiger partial charge >= 0.3 is 5.97 Å². The maximum Gasteiger partial charge on any atom is 0.341 e. The minimum atomic E-state index is -1.03. The summed E-state index contributed by atoms with van der Waals surface area (Å²) in [6.07, 6.45) is 4.68. The Balaban J connectivity index is 2.40. The van der Waals surface area contributed by atoms with Crippen LogP contribution in [-0.4, -0.2) is 23.5 Å². The highest BCUT2D eigenvalue weighted by molar-refractivity contribution is 5.92. The fraction of sp³-hybridized carbons (Fsp3) is 0.250. The Morgan fingerprint density at radius 2 is 2.33 bits per heavy atom. The number of hydrogen-bond donors (Lipinski definition) is 1. The van der Waals surface area contributed by atoms with Gasteiger partial charge in [-0.2, -0.15) is 0 Å². The monoisotopic (exact) mass is 168 g/mol. The molecule has 0 saturated carbocycles. The van der Waals surface area contributed by atoms with E-state index in [9.17, 15) is 9.59 Å². The lowest BCUT2D eigenvalue weighted by atomic mass is 10.1. The first-order chi connectivity index (χ1) is 5.68. The maximum absolute atomic E-state index is 10.6. The molecule has 0 aromatic rings. The Morgan fingerprint density at radius 3 is 2.83 bits per heavy atom. The third-order valence-electron chi connectivity index (χ3n) is 1.30. The summed E-state index contributed by atoms with van der Waals surface area (Å²) in [6.45, 7) is -0.371. The van der Waals surface area contributed by atoms with Crippen molar-refractivity contribution in [1.82, 2.24) is 0 Å². The number of carboxylic acid groups (broad SMARTS) is 1. The third-order valence-corrected chi connectivity index (χ3v) is 1.30. The molecule has 1 aliphatic rings. The van der Waals surface area contributed by atoms with Gasteiger partial charge in [-0.3, -0.25) is 4.79 Å². The second-order valence-electron chi connectivity index (χ2n) is 2.29. The number of carbonyl (C=O) groups excluding carboxylic acids is 1. The molecule has 0 heterocycles. The van der Waals surface area contributed by atoms with Gasteiger partial charge in [0.1, 0.15) is 5.76 Å². The van der Waals surface area contributed by atoms with Crippen LogP contribution in [0.2, 0.25) is 0 Å². The molecular weight excluding hydrogens is 160 g/mol. The van der Waals surface area contributed by atoms with Crippen LogP contribution in [0.4, 0.5) is 0 Å². The van der Waals surface area contributed by atoms with Crippen molar-refractivity contribution in [3.8, 4) is 0 Å². The molecular formula is C8H8O4. The van der Waals surface area contributed by atoms with Crippen molar-refractivity contribution in [2.24, 2.45) is 0 Å². The van der Waals surface area contributed by atoms with E-state index in [4.69, 9.17) is 9.84 Å². The van der Waals surface area contributed by atoms with E-state index in [1.807, 2.05) is 0 Å². The fourth-order valence-electron chi connectivity index (χ4n) is 0.764. The molecule has 1 aliphatic carbocycles. The highest BCUT2D eigenvalue weighted by Crippen LogP contribution is 2.07. The maximum atomic E-state index is 10.6. The van der Waals surface area contributed by atoms with E-state index in [0.29, 0.717) is 5.76 Å². The van der Waals surface area contributed by atoms with Crippen LogP contribution < -0.4 is 0 Å². The van der Waals surface area contributed by atoms with Crippen LogP contribution in [0.3, 0.4) is 0 Å². The summed E-state index contributed by atoms with van der Waals surface area (Å²) in [4.78, 5) is 20.7.